The number of para-hydroxylation sites is 1. The molecule has 2 aromatic carbocycles. The Kier molecular flexibility index (Phi) is 5.40. The number of nitrogens with zero attached hydrogens (tertiary/aromatic N) is 1. The highest BCUT2D eigenvalue weighted by atomic mass is 35.5. The third-order valence-electron chi connectivity index (χ3n) is 3.50. The molecule has 1 amide bonds. The molecule has 1 heterocycles. The minimum Gasteiger partial charge on any atom is -0.486 e. The van der Waals surface area contributed by atoms with Crippen LogP contribution >= 0.6 is 11.6 Å². The molecule has 130 valence electrons. The van der Waals surface area contributed by atoms with Crippen LogP contribution in [0.15, 0.2) is 47.6 Å². The van der Waals surface area contributed by atoms with E-state index in [1.54, 1.807) is 31.2 Å². The van der Waals surface area contributed by atoms with Crippen LogP contribution in [0.3, 0.4) is 0 Å². The van der Waals surface area contributed by atoms with Crippen LogP contribution < -0.4 is 19.6 Å². The molecule has 0 bridgehead atoms. The summed E-state index contributed by atoms with van der Waals surface area (Å²) in [5.74, 6) is 1.45. The third-order valence-corrected chi connectivity index (χ3v) is 3.82. The maximum atomic E-state index is 11.9. The van der Waals surface area contributed by atoms with E-state index in [2.05, 4.69) is 10.5 Å². The van der Waals surface area contributed by atoms with Gasteiger partial charge in [0.2, 0.25) is 0 Å². The fraction of sp³-hybridized carbons (Fsp3) is 0.222. The van der Waals surface area contributed by atoms with Crippen molar-refractivity contribution < 1.29 is 19.0 Å². The van der Waals surface area contributed by atoms with Gasteiger partial charge < -0.3 is 14.2 Å². The van der Waals surface area contributed by atoms with Crippen molar-refractivity contribution in [3.8, 4) is 17.2 Å². The first-order chi connectivity index (χ1) is 12.1. The second-order valence-electron chi connectivity index (χ2n) is 5.31. The first-order valence-electron chi connectivity index (χ1n) is 7.74. The Balaban J connectivity index is 1.57. The molecule has 0 aliphatic carbocycles. The fourth-order valence-electron chi connectivity index (χ4n) is 2.22. The molecule has 0 fully saturated rings. The Hall–Kier alpha value is -2.73. The third kappa shape index (κ3) is 4.42. The van der Waals surface area contributed by atoms with Crippen LogP contribution in [0, 0.1) is 0 Å². The number of ether oxygens (including phenoxy) is 3. The molecule has 3 rings (SSSR count). The van der Waals surface area contributed by atoms with Crippen molar-refractivity contribution in [2.24, 2.45) is 5.10 Å². The van der Waals surface area contributed by atoms with Gasteiger partial charge in [-0.3, -0.25) is 4.79 Å². The molecule has 0 saturated heterocycles. The number of hydrazone groups is 1. The molecule has 2 aromatic rings. The predicted octanol–water partition coefficient (Wildman–Crippen LogP) is 3.03. The zero-order valence-electron chi connectivity index (χ0n) is 13.6. The van der Waals surface area contributed by atoms with Crippen molar-refractivity contribution >= 4 is 23.2 Å². The smallest absolute Gasteiger partial charge is 0.277 e. The summed E-state index contributed by atoms with van der Waals surface area (Å²) < 4.78 is 16.4. The lowest BCUT2D eigenvalue weighted by Gasteiger charge is -2.18. The zero-order valence-corrected chi connectivity index (χ0v) is 14.4. The summed E-state index contributed by atoms with van der Waals surface area (Å²) in [5.41, 5.74) is 3.93. The number of benzene rings is 2. The average molecular weight is 361 g/mol. The summed E-state index contributed by atoms with van der Waals surface area (Å²) in [6, 6.07) is 12.5. The van der Waals surface area contributed by atoms with Gasteiger partial charge in [-0.15, -0.1) is 0 Å². The number of rotatable bonds is 5. The number of hydrogen-bond donors (Lipinski definition) is 1. The monoisotopic (exact) mass is 360 g/mol. The standard InChI is InChI=1S/C18H17ClN2O4/c1-12(13-6-7-16-17(10-13)24-9-8-23-16)20-21-18(22)11-25-15-5-3-2-4-14(15)19/h2-7,10H,8-9,11H2,1H3,(H,21,22)/b20-12-. The molecule has 25 heavy (non-hydrogen) atoms. The van der Waals surface area contributed by atoms with E-state index in [-0.39, 0.29) is 12.5 Å². The van der Waals surface area contributed by atoms with E-state index in [0.29, 0.717) is 41.2 Å². The molecule has 6 nitrogen and oxygen atoms in total. The molecular weight excluding hydrogens is 344 g/mol. The predicted molar refractivity (Wildman–Crippen MR) is 94.7 cm³/mol. The second kappa shape index (κ2) is 7.90. The lowest BCUT2D eigenvalue weighted by Crippen LogP contribution is -2.25. The van der Waals surface area contributed by atoms with Crippen molar-refractivity contribution in [3.05, 3.63) is 53.1 Å². The van der Waals surface area contributed by atoms with E-state index in [4.69, 9.17) is 25.8 Å². The van der Waals surface area contributed by atoms with Gasteiger partial charge in [-0.05, 0) is 37.3 Å². The van der Waals surface area contributed by atoms with E-state index in [1.165, 1.54) is 0 Å². The van der Waals surface area contributed by atoms with E-state index < -0.39 is 0 Å². The lowest BCUT2D eigenvalue weighted by molar-refractivity contribution is -0.123. The topological polar surface area (TPSA) is 69.2 Å². The number of nitrogens with one attached hydrogen (secondary N) is 1. The molecule has 0 saturated carbocycles. The maximum Gasteiger partial charge on any atom is 0.277 e. The van der Waals surface area contributed by atoms with Crippen LogP contribution in [0.2, 0.25) is 5.02 Å². The first kappa shape index (κ1) is 17.1. The van der Waals surface area contributed by atoms with Gasteiger partial charge in [-0.2, -0.15) is 5.10 Å². The van der Waals surface area contributed by atoms with Gasteiger partial charge in [0.1, 0.15) is 19.0 Å². The molecule has 1 N–H and O–H groups in total. The van der Waals surface area contributed by atoms with E-state index >= 15 is 0 Å². The number of carbonyl (C=O) groups is 1. The molecule has 0 unspecified atom stereocenters. The van der Waals surface area contributed by atoms with Crippen molar-refractivity contribution in [3.63, 3.8) is 0 Å². The SMILES string of the molecule is C/C(=N/NC(=O)COc1ccccc1Cl)c1ccc2c(c1)OCCO2. The Morgan fingerprint density at radius 2 is 1.96 bits per heavy atom. The van der Waals surface area contributed by atoms with Gasteiger partial charge in [0.15, 0.2) is 18.1 Å². The molecule has 0 aromatic heterocycles. The van der Waals surface area contributed by atoms with Gasteiger partial charge in [0.25, 0.3) is 5.91 Å². The molecule has 1 aliphatic rings. The molecule has 1 aliphatic heterocycles. The van der Waals surface area contributed by atoms with E-state index in [0.717, 1.165) is 5.56 Å². The number of amides is 1. The summed E-state index contributed by atoms with van der Waals surface area (Å²) in [4.78, 5) is 11.9. The van der Waals surface area contributed by atoms with Crippen LogP contribution in [0.25, 0.3) is 0 Å². The highest BCUT2D eigenvalue weighted by Gasteiger charge is 2.13. The quantitative estimate of drug-likeness (QED) is 0.657. The molecule has 0 radical (unpaired) electrons. The fourth-order valence-corrected chi connectivity index (χ4v) is 2.41. The zero-order chi connectivity index (χ0) is 17.6. The highest BCUT2D eigenvalue weighted by Crippen LogP contribution is 2.30. The van der Waals surface area contributed by atoms with Crippen LogP contribution in [-0.2, 0) is 4.79 Å². The minimum absolute atomic E-state index is 0.179. The Labute approximate surface area is 150 Å². The summed E-state index contributed by atoms with van der Waals surface area (Å²) in [7, 11) is 0. The highest BCUT2D eigenvalue weighted by molar-refractivity contribution is 6.32. The molecule has 0 spiro atoms. The second-order valence-corrected chi connectivity index (χ2v) is 5.72. The largest absolute Gasteiger partial charge is 0.486 e. The summed E-state index contributed by atoms with van der Waals surface area (Å²) in [6.07, 6.45) is 0. The van der Waals surface area contributed by atoms with Crippen molar-refractivity contribution in [2.45, 2.75) is 6.92 Å². The van der Waals surface area contributed by atoms with Gasteiger partial charge in [0.05, 0.1) is 10.7 Å². The van der Waals surface area contributed by atoms with Crippen molar-refractivity contribution in [2.75, 3.05) is 19.8 Å². The summed E-state index contributed by atoms with van der Waals surface area (Å²) >= 11 is 5.97. The first-order valence-corrected chi connectivity index (χ1v) is 8.12. The number of fused-ring (bicyclic) bond motifs is 1. The Bertz CT molecular complexity index is 807. The summed E-state index contributed by atoms with van der Waals surface area (Å²) in [5, 5.41) is 4.54. The van der Waals surface area contributed by atoms with Crippen molar-refractivity contribution in [1.29, 1.82) is 0 Å². The Morgan fingerprint density at radius 3 is 2.76 bits per heavy atom. The number of carbonyl (C=O) groups excluding carboxylic acids is 1. The molecule has 0 atom stereocenters. The molecular formula is C18H17ClN2O4. The van der Waals surface area contributed by atoms with Crippen LogP contribution in [-0.4, -0.2) is 31.4 Å². The summed E-state index contributed by atoms with van der Waals surface area (Å²) in [6.45, 7) is 2.67. The number of hydrogen-bond acceptors (Lipinski definition) is 5. The van der Waals surface area contributed by atoms with Gasteiger partial charge >= 0.3 is 0 Å². The minimum atomic E-state index is -0.378. The number of halogens is 1. The lowest BCUT2D eigenvalue weighted by atomic mass is 10.1. The van der Waals surface area contributed by atoms with Gasteiger partial charge in [-0.1, -0.05) is 23.7 Å². The van der Waals surface area contributed by atoms with Crippen LogP contribution in [0.1, 0.15) is 12.5 Å². The maximum absolute atomic E-state index is 11.9. The van der Waals surface area contributed by atoms with E-state index in [1.807, 2.05) is 18.2 Å². The Morgan fingerprint density at radius 1 is 1.20 bits per heavy atom. The average Bonchev–Trinajstić information content (AvgIpc) is 2.65. The molecule has 7 heteroatoms. The van der Waals surface area contributed by atoms with Crippen LogP contribution in [0.4, 0.5) is 0 Å². The van der Waals surface area contributed by atoms with Crippen molar-refractivity contribution in [1.82, 2.24) is 5.43 Å². The van der Waals surface area contributed by atoms with Crippen LogP contribution in [0.5, 0.6) is 17.2 Å². The normalized spacial score (nSPS) is 13.3. The van der Waals surface area contributed by atoms with Gasteiger partial charge in [0, 0.05) is 5.56 Å². The van der Waals surface area contributed by atoms with E-state index in [9.17, 15) is 4.79 Å². The van der Waals surface area contributed by atoms with Gasteiger partial charge in [-0.25, -0.2) is 5.43 Å².